The number of carbonyl (C=O) groups is 1. The van der Waals surface area contributed by atoms with Gasteiger partial charge in [0.1, 0.15) is 0 Å². The van der Waals surface area contributed by atoms with E-state index in [1.807, 2.05) is 6.92 Å². The second-order valence-electron chi connectivity index (χ2n) is 5.68. The first-order valence-electron chi connectivity index (χ1n) is 8.06. The predicted molar refractivity (Wildman–Crippen MR) is 86.6 cm³/mol. The molecule has 0 amide bonds. The van der Waals surface area contributed by atoms with Gasteiger partial charge in [-0.25, -0.2) is 9.78 Å². The van der Waals surface area contributed by atoms with E-state index in [1.54, 1.807) is 35.0 Å². The summed E-state index contributed by atoms with van der Waals surface area (Å²) in [6.07, 6.45) is -0.877. The van der Waals surface area contributed by atoms with Gasteiger partial charge in [0.05, 0.1) is 12.9 Å². The maximum atomic E-state index is 12.5. The summed E-state index contributed by atoms with van der Waals surface area (Å²) >= 11 is 0. The molecule has 142 valence electrons. The van der Waals surface area contributed by atoms with E-state index in [0.29, 0.717) is 18.7 Å². The normalized spacial score (nSPS) is 11.6. The van der Waals surface area contributed by atoms with Crippen LogP contribution < -0.4 is 0 Å². The number of hydrogen-bond acceptors (Lipinski definition) is 6. The van der Waals surface area contributed by atoms with Gasteiger partial charge in [-0.1, -0.05) is 36.3 Å². The molecule has 0 aliphatic carbocycles. The Labute approximate surface area is 151 Å². The van der Waals surface area contributed by atoms with E-state index in [4.69, 9.17) is 4.74 Å². The molecule has 0 saturated heterocycles. The molecule has 27 heavy (non-hydrogen) atoms. The number of carbonyl (C=O) groups excluding carboxylic acids is 1. The summed E-state index contributed by atoms with van der Waals surface area (Å²) in [5.74, 6) is -2.01. The van der Waals surface area contributed by atoms with Crippen molar-refractivity contribution in [2.75, 3.05) is 6.61 Å². The predicted octanol–water partition coefficient (Wildman–Crippen LogP) is 3.57. The van der Waals surface area contributed by atoms with Crippen LogP contribution in [0.15, 0.2) is 41.3 Å². The summed E-state index contributed by atoms with van der Waals surface area (Å²) in [5, 5.41) is 3.34. The molecule has 0 aliphatic heterocycles. The zero-order valence-electron chi connectivity index (χ0n) is 14.2. The van der Waals surface area contributed by atoms with Gasteiger partial charge in [0.15, 0.2) is 5.69 Å². The smallest absolute Gasteiger partial charge is 0.461 e. The molecule has 0 fully saturated rings. The van der Waals surface area contributed by atoms with Gasteiger partial charge in [-0.15, -0.1) is 0 Å². The quantitative estimate of drug-likeness (QED) is 0.608. The monoisotopic (exact) mass is 380 g/mol. The van der Waals surface area contributed by atoms with E-state index in [9.17, 15) is 18.0 Å². The van der Waals surface area contributed by atoms with Gasteiger partial charge in [-0.2, -0.15) is 18.2 Å². The third-order valence-electron chi connectivity index (χ3n) is 3.53. The van der Waals surface area contributed by atoms with Gasteiger partial charge in [0, 0.05) is 18.3 Å². The minimum Gasteiger partial charge on any atom is -0.461 e. The Kier molecular flexibility index (Phi) is 5.24. The van der Waals surface area contributed by atoms with Gasteiger partial charge >= 0.3 is 18.0 Å². The average Bonchev–Trinajstić information content (AvgIpc) is 3.30. The van der Waals surface area contributed by atoms with Gasteiger partial charge in [-0.3, -0.25) is 0 Å². The SMILES string of the molecule is CCCOC(=O)c1cn(Cc2ccc(-c3noc(C(F)(F)F)n3)cc2)cn1. The van der Waals surface area contributed by atoms with Crippen LogP contribution in [0.4, 0.5) is 13.2 Å². The van der Waals surface area contributed by atoms with Crippen LogP contribution in [-0.4, -0.2) is 32.3 Å². The molecule has 1 aromatic carbocycles. The first kappa shape index (κ1) is 18.6. The highest BCUT2D eigenvalue weighted by molar-refractivity contribution is 5.86. The number of benzene rings is 1. The highest BCUT2D eigenvalue weighted by Gasteiger charge is 2.38. The Bertz CT molecular complexity index is 916. The largest absolute Gasteiger partial charge is 0.471 e. The van der Waals surface area contributed by atoms with Crippen molar-refractivity contribution in [3.63, 3.8) is 0 Å². The van der Waals surface area contributed by atoms with E-state index in [2.05, 4.69) is 19.6 Å². The molecule has 0 saturated carbocycles. The van der Waals surface area contributed by atoms with Crippen molar-refractivity contribution in [3.05, 3.63) is 53.9 Å². The van der Waals surface area contributed by atoms with Crippen molar-refractivity contribution >= 4 is 5.97 Å². The molecule has 0 aliphatic rings. The Balaban J connectivity index is 1.67. The lowest BCUT2D eigenvalue weighted by Crippen LogP contribution is -2.06. The molecule has 0 unspecified atom stereocenters. The van der Waals surface area contributed by atoms with Crippen molar-refractivity contribution < 1.29 is 27.2 Å². The number of alkyl halides is 3. The van der Waals surface area contributed by atoms with E-state index < -0.39 is 18.0 Å². The highest BCUT2D eigenvalue weighted by atomic mass is 19.4. The first-order valence-corrected chi connectivity index (χ1v) is 8.06. The summed E-state index contributed by atoms with van der Waals surface area (Å²) in [5.41, 5.74) is 1.46. The number of esters is 1. The van der Waals surface area contributed by atoms with Crippen LogP contribution in [0.3, 0.4) is 0 Å². The van der Waals surface area contributed by atoms with E-state index in [0.717, 1.165) is 12.0 Å². The van der Waals surface area contributed by atoms with Gasteiger partial charge in [0.25, 0.3) is 0 Å². The fourth-order valence-electron chi connectivity index (χ4n) is 2.25. The highest BCUT2D eigenvalue weighted by Crippen LogP contribution is 2.29. The minimum absolute atomic E-state index is 0.141. The molecular formula is C17H15F3N4O3. The molecule has 2 heterocycles. The molecular weight excluding hydrogens is 365 g/mol. The summed E-state index contributed by atoms with van der Waals surface area (Å²) in [6, 6.07) is 6.61. The Morgan fingerprint density at radius 1 is 1.26 bits per heavy atom. The summed E-state index contributed by atoms with van der Waals surface area (Å²) in [6.45, 7) is 2.65. The number of rotatable bonds is 6. The maximum Gasteiger partial charge on any atom is 0.471 e. The van der Waals surface area contributed by atoms with E-state index in [-0.39, 0.29) is 11.5 Å². The second kappa shape index (κ2) is 7.60. The van der Waals surface area contributed by atoms with E-state index >= 15 is 0 Å². The summed E-state index contributed by atoms with van der Waals surface area (Å²) in [7, 11) is 0. The third kappa shape index (κ3) is 4.52. The molecule has 0 spiro atoms. The van der Waals surface area contributed by atoms with Crippen molar-refractivity contribution in [2.24, 2.45) is 0 Å². The Morgan fingerprint density at radius 2 is 2.00 bits per heavy atom. The standard InChI is InChI=1S/C17H15F3N4O3/c1-2-7-26-15(25)13-9-24(10-21-13)8-11-3-5-12(6-4-11)14-22-16(27-23-14)17(18,19)20/h3-6,9-10H,2,7-8H2,1H3. The Morgan fingerprint density at radius 3 is 2.63 bits per heavy atom. The first-order chi connectivity index (χ1) is 12.9. The summed E-state index contributed by atoms with van der Waals surface area (Å²) < 4.78 is 48.5. The van der Waals surface area contributed by atoms with Crippen molar-refractivity contribution in [1.82, 2.24) is 19.7 Å². The summed E-state index contributed by atoms with van der Waals surface area (Å²) in [4.78, 5) is 19.1. The number of ether oxygens (including phenoxy) is 1. The van der Waals surface area contributed by atoms with Crippen LogP contribution in [0, 0.1) is 0 Å². The molecule has 0 atom stereocenters. The number of nitrogens with zero attached hydrogens (tertiary/aromatic N) is 4. The van der Waals surface area contributed by atoms with Crippen LogP contribution in [0.25, 0.3) is 11.4 Å². The maximum absolute atomic E-state index is 12.5. The average molecular weight is 380 g/mol. The van der Waals surface area contributed by atoms with Crippen LogP contribution in [-0.2, 0) is 17.5 Å². The molecule has 0 bridgehead atoms. The van der Waals surface area contributed by atoms with Crippen molar-refractivity contribution in [3.8, 4) is 11.4 Å². The lowest BCUT2D eigenvalue weighted by molar-refractivity contribution is -0.159. The van der Waals surface area contributed by atoms with Gasteiger partial charge < -0.3 is 13.8 Å². The number of aromatic nitrogens is 4. The molecule has 3 aromatic rings. The van der Waals surface area contributed by atoms with E-state index in [1.165, 1.54) is 6.33 Å². The van der Waals surface area contributed by atoms with Crippen molar-refractivity contribution in [1.29, 1.82) is 0 Å². The van der Waals surface area contributed by atoms with Gasteiger partial charge in [-0.05, 0) is 12.0 Å². The molecule has 3 rings (SSSR count). The topological polar surface area (TPSA) is 83.0 Å². The molecule has 2 aromatic heterocycles. The minimum atomic E-state index is -4.68. The van der Waals surface area contributed by atoms with Crippen LogP contribution in [0.2, 0.25) is 0 Å². The number of hydrogen-bond donors (Lipinski definition) is 0. The second-order valence-corrected chi connectivity index (χ2v) is 5.68. The van der Waals surface area contributed by atoms with Crippen LogP contribution in [0.1, 0.15) is 35.3 Å². The zero-order valence-corrected chi connectivity index (χ0v) is 14.2. The fourth-order valence-corrected chi connectivity index (χ4v) is 2.25. The van der Waals surface area contributed by atoms with Crippen molar-refractivity contribution in [2.45, 2.75) is 26.1 Å². The zero-order chi connectivity index (χ0) is 19.4. The van der Waals surface area contributed by atoms with Crippen LogP contribution >= 0.6 is 0 Å². The lowest BCUT2D eigenvalue weighted by atomic mass is 10.1. The Hall–Kier alpha value is -3.17. The molecule has 0 radical (unpaired) electrons. The third-order valence-corrected chi connectivity index (χ3v) is 3.53. The molecule has 10 heteroatoms. The molecule has 7 nitrogen and oxygen atoms in total. The molecule has 0 N–H and O–H groups in total. The van der Waals surface area contributed by atoms with Crippen LogP contribution in [0.5, 0.6) is 0 Å². The van der Waals surface area contributed by atoms with Gasteiger partial charge in [0.2, 0.25) is 5.82 Å². The fraction of sp³-hybridized carbons (Fsp3) is 0.294. The number of imidazole rings is 1. The number of halogens is 3. The lowest BCUT2D eigenvalue weighted by Gasteiger charge is -2.03.